The molecule has 0 N–H and O–H groups in total. The Labute approximate surface area is 87.3 Å². The van der Waals surface area contributed by atoms with Crippen molar-refractivity contribution in [3.8, 4) is 0 Å². The second-order valence-electron chi connectivity index (χ2n) is 4.51. The van der Waals surface area contributed by atoms with Gasteiger partial charge in [0, 0.05) is 0 Å². The van der Waals surface area contributed by atoms with Crippen LogP contribution in [0, 0.1) is 6.92 Å². The molecule has 0 nitrogen and oxygen atoms in total. The van der Waals surface area contributed by atoms with Gasteiger partial charge < -0.3 is 0 Å². The summed E-state index contributed by atoms with van der Waals surface area (Å²) in [5.41, 5.74) is 6.34. The first-order valence-electron chi connectivity index (χ1n) is 5.92. The lowest BCUT2D eigenvalue weighted by Gasteiger charge is -2.22. The van der Waals surface area contributed by atoms with Crippen LogP contribution in [0.4, 0.5) is 0 Å². The molecule has 1 aromatic rings. The maximum Gasteiger partial charge on any atom is -0.0233 e. The highest BCUT2D eigenvalue weighted by Crippen LogP contribution is 2.28. The van der Waals surface area contributed by atoms with E-state index in [9.17, 15) is 0 Å². The number of rotatable bonds is 4. The first-order valence-corrected chi connectivity index (χ1v) is 5.92. The van der Waals surface area contributed by atoms with Crippen LogP contribution in [0.1, 0.15) is 48.4 Å². The van der Waals surface area contributed by atoms with E-state index in [2.05, 4.69) is 26.0 Å². The molecule has 76 valence electrons. The number of unbranched alkanes of at least 4 members (excludes halogenated alkanes) is 2. The Morgan fingerprint density at radius 3 is 2.57 bits per heavy atom. The third kappa shape index (κ3) is 1.84. The van der Waals surface area contributed by atoms with Crippen LogP contribution in [0.5, 0.6) is 0 Å². The third-order valence-electron chi connectivity index (χ3n) is 3.34. The maximum atomic E-state index is 2.43. The minimum absolute atomic E-state index is 1.28. The quantitative estimate of drug-likeness (QED) is 0.630. The van der Waals surface area contributed by atoms with E-state index in [1.54, 1.807) is 16.7 Å². The summed E-state index contributed by atoms with van der Waals surface area (Å²) in [6, 6.07) is 4.83. The fourth-order valence-corrected chi connectivity index (χ4v) is 2.36. The standard InChI is InChI=1S/C14H20/c1-3-4-5-6-12-9-11(2)14-8-7-13(14)10-12/h9-10H,3-8H2,1-2H3. The lowest BCUT2D eigenvalue weighted by atomic mass is 9.83. The van der Waals surface area contributed by atoms with E-state index in [0.717, 1.165) is 0 Å². The summed E-state index contributed by atoms with van der Waals surface area (Å²) in [5, 5.41) is 0. The van der Waals surface area contributed by atoms with Gasteiger partial charge in [-0.3, -0.25) is 0 Å². The van der Waals surface area contributed by atoms with E-state index < -0.39 is 0 Å². The largest absolute Gasteiger partial charge is 0.0654 e. The minimum Gasteiger partial charge on any atom is -0.0654 e. The Kier molecular flexibility index (Phi) is 2.90. The van der Waals surface area contributed by atoms with Gasteiger partial charge in [0.05, 0.1) is 0 Å². The molecule has 0 heteroatoms. The van der Waals surface area contributed by atoms with Crippen LogP contribution < -0.4 is 0 Å². The molecule has 0 amide bonds. The molecule has 0 spiro atoms. The molecule has 0 saturated heterocycles. The van der Waals surface area contributed by atoms with Crippen LogP contribution in [-0.4, -0.2) is 0 Å². The zero-order valence-electron chi connectivity index (χ0n) is 9.40. The molecule has 0 aromatic heterocycles. The summed E-state index contributed by atoms with van der Waals surface area (Å²) in [5.74, 6) is 0. The van der Waals surface area contributed by atoms with Crippen molar-refractivity contribution in [2.75, 3.05) is 0 Å². The number of benzene rings is 1. The van der Waals surface area contributed by atoms with E-state index in [4.69, 9.17) is 0 Å². The topological polar surface area (TPSA) is 0 Å². The zero-order chi connectivity index (χ0) is 9.97. The smallest absolute Gasteiger partial charge is 0.0233 e. The highest BCUT2D eigenvalue weighted by molar-refractivity contribution is 5.44. The van der Waals surface area contributed by atoms with Gasteiger partial charge in [0.2, 0.25) is 0 Å². The fourth-order valence-electron chi connectivity index (χ4n) is 2.36. The third-order valence-corrected chi connectivity index (χ3v) is 3.34. The number of fused-ring (bicyclic) bond motifs is 1. The van der Waals surface area contributed by atoms with Gasteiger partial charge in [-0.1, -0.05) is 31.9 Å². The summed E-state index contributed by atoms with van der Waals surface area (Å²) >= 11 is 0. The van der Waals surface area contributed by atoms with Crippen LogP contribution in [0.3, 0.4) is 0 Å². The summed E-state index contributed by atoms with van der Waals surface area (Å²) in [4.78, 5) is 0. The van der Waals surface area contributed by atoms with Crippen molar-refractivity contribution in [2.24, 2.45) is 0 Å². The van der Waals surface area contributed by atoms with E-state index in [0.29, 0.717) is 0 Å². The molecule has 0 fully saturated rings. The number of hydrogen-bond acceptors (Lipinski definition) is 0. The van der Waals surface area contributed by atoms with Gasteiger partial charge in [0.1, 0.15) is 0 Å². The molecule has 0 aliphatic heterocycles. The van der Waals surface area contributed by atoms with Gasteiger partial charge in [-0.2, -0.15) is 0 Å². The molecule has 0 bridgehead atoms. The lowest BCUT2D eigenvalue weighted by Crippen LogP contribution is -2.11. The van der Waals surface area contributed by atoms with Gasteiger partial charge in [-0.15, -0.1) is 0 Å². The highest BCUT2D eigenvalue weighted by Gasteiger charge is 2.15. The first kappa shape index (κ1) is 9.76. The van der Waals surface area contributed by atoms with Crippen molar-refractivity contribution in [3.05, 3.63) is 34.4 Å². The first-order chi connectivity index (χ1) is 6.81. The SMILES string of the molecule is CCCCCc1cc(C)c2c(c1)CC2. The van der Waals surface area contributed by atoms with Crippen molar-refractivity contribution in [3.63, 3.8) is 0 Å². The molecular weight excluding hydrogens is 168 g/mol. The predicted molar refractivity (Wildman–Crippen MR) is 61.8 cm³/mol. The maximum absolute atomic E-state index is 2.43. The number of hydrogen-bond donors (Lipinski definition) is 0. The second-order valence-corrected chi connectivity index (χ2v) is 4.51. The highest BCUT2D eigenvalue weighted by atomic mass is 14.2. The van der Waals surface area contributed by atoms with Gasteiger partial charge in [0.25, 0.3) is 0 Å². The molecule has 0 unspecified atom stereocenters. The minimum atomic E-state index is 1.28. The Hall–Kier alpha value is -0.780. The monoisotopic (exact) mass is 188 g/mol. The Balaban J connectivity index is 2.04. The van der Waals surface area contributed by atoms with E-state index >= 15 is 0 Å². The second kappa shape index (κ2) is 4.16. The van der Waals surface area contributed by atoms with E-state index in [-0.39, 0.29) is 0 Å². The molecule has 0 atom stereocenters. The Bertz CT molecular complexity index is 306. The molecule has 0 heterocycles. The summed E-state index contributed by atoms with van der Waals surface area (Å²) < 4.78 is 0. The molecular formula is C14H20. The normalized spacial score (nSPS) is 13.6. The lowest BCUT2D eigenvalue weighted by molar-refractivity contribution is 0.713. The van der Waals surface area contributed by atoms with Crippen LogP contribution in [0.25, 0.3) is 0 Å². The van der Waals surface area contributed by atoms with Gasteiger partial charge in [0.15, 0.2) is 0 Å². The number of aryl methyl sites for hydroxylation is 3. The zero-order valence-corrected chi connectivity index (χ0v) is 9.40. The Morgan fingerprint density at radius 2 is 2.00 bits per heavy atom. The van der Waals surface area contributed by atoms with Crippen molar-refractivity contribution in [2.45, 2.75) is 52.4 Å². The fraction of sp³-hybridized carbons (Fsp3) is 0.571. The molecule has 2 rings (SSSR count). The molecule has 1 aliphatic rings. The van der Waals surface area contributed by atoms with Crippen LogP contribution in [0.15, 0.2) is 12.1 Å². The van der Waals surface area contributed by atoms with Gasteiger partial charge in [-0.25, -0.2) is 0 Å². The van der Waals surface area contributed by atoms with Crippen molar-refractivity contribution < 1.29 is 0 Å². The average molecular weight is 188 g/mol. The van der Waals surface area contributed by atoms with Crippen LogP contribution in [-0.2, 0) is 19.3 Å². The average Bonchev–Trinajstić information content (AvgIpc) is 2.10. The van der Waals surface area contributed by atoms with Crippen molar-refractivity contribution >= 4 is 0 Å². The van der Waals surface area contributed by atoms with E-state index in [1.165, 1.54) is 44.1 Å². The molecule has 1 aliphatic carbocycles. The molecule has 0 saturated carbocycles. The summed E-state index contributed by atoms with van der Waals surface area (Å²) in [6.07, 6.45) is 7.96. The van der Waals surface area contributed by atoms with Crippen LogP contribution in [0.2, 0.25) is 0 Å². The van der Waals surface area contributed by atoms with Crippen LogP contribution >= 0.6 is 0 Å². The van der Waals surface area contributed by atoms with E-state index in [1.807, 2.05) is 0 Å². The Morgan fingerprint density at radius 1 is 1.14 bits per heavy atom. The summed E-state index contributed by atoms with van der Waals surface area (Å²) in [7, 11) is 0. The van der Waals surface area contributed by atoms with Crippen molar-refractivity contribution in [1.82, 2.24) is 0 Å². The van der Waals surface area contributed by atoms with Crippen molar-refractivity contribution in [1.29, 1.82) is 0 Å². The summed E-state index contributed by atoms with van der Waals surface area (Å²) in [6.45, 7) is 4.53. The molecule has 0 radical (unpaired) electrons. The predicted octanol–water partition coefficient (Wildman–Crippen LogP) is 3.83. The molecule has 14 heavy (non-hydrogen) atoms. The van der Waals surface area contributed by atoms with Gasteiger partial charge in [-0.05, 0) is 54.9 Å². The van der Waals surface area contributed by atoms with Gasteiger partial charge >= 0.3 is 0 Å². The molecule has 1 aromatic carbocycles.